The molecule has 0 spiro atoms. The average Bonchev–Trinajstić information content (AvgIpc) is 3.14. The van der Waals surface area contributed by atoms with Gasteiger partial charge in [0.05, 0.1) is 0 Å². The monoisotopic (exact) mass is 326 g/mol. The minimum absolute atomic E-state index is 0.352. The molecule has 2 aliphatic rings. The van der Waals surface area contributed by atoms with Crippen molar-refractivity contribution in [1.29, 1.82) is 0 Å². The van der Waals surface area contributed by atoms with Crippen molar-refractivity contribution in [2.45, 2.75) is 26.4 Å². The SMILES string of the molecule is Cc1cc2c(cc1N1C=CN(C)[C@@H]1C)-c1c(ccc3ccccc13)C2. The van der Waals surface area contributed by atoms with Crippen molar-refractivity contribution < 1.29 is 0 Å². The molecule has 0 bridgehead atoms. The van der Waals surface area contributed by atoms with E-state index >= 15 is 0 Å². The van der Waals surface area contributed by atoms with Gasteiger partial charge in [-0.05, 0) is 64.9 Å². The van der Waals surface area contributed by atoms with Crippen LogP contribution in [0.15, 0.2) is 60.9 Å². The van der Waals surface area contributed by atoms with Crippen molar-refractivity contribution in [2.24, 2.45) is 0 Å². The molecule has 1 aliphatic heterocycles. The Hall–Kier alpha value is -2.74. The highest BCUT2D eigenvalue weighted by molar-refractivity contribution is 6.01. The largest absolute Gasteiger partial charge is 0.359 e. The molecule has 0 fully saturated rings. The van der Waals surface area contributed by atoms with Crippen molar-refractivity contribution in [3.63, 3.8) is 0 Å². The number of rotatable bonds is 1. The molecule has 2 heteroatoms. The number of anilines is 1. The predicted molar refractivity (Wildman–Crippen MR) is 106 cm³/mol. The minimum atomic E-state index is 0.352. The fourth-order valence-electron chi connectivity index (χ4n) is 4.30. The molecule has 0 unspecified atom stereocenters. The average molecular weight is 326 g/mol. The Morgan fingerprint density at radius 1 is 0.960 bits per heavy atom. The first-order valence-corrected chi connectivity index (χ1v) is 8.96. The summed E-state index contributed by atoms with van der Waals surface area (Å²) in [5, 5.41) is 2.70. The van der Waals surface area contributed by atoms with Crippen molar-refractivity contribution in [3.8, 4) is 11.1 Å². The summed E-state index contributed by atoms with van der Waals surface area (Å²) in [6.45, 7) is 4.48. The van der Waals surface area contributed by atoms with E-state index in [4.69, 9.17) is 0 Å². The lowest BCUT2D eigenvalue weighted by Crippen LogP contribution is -2.33. The molecule has 5 rings (SSSR count). The van der Waals surface area contributed by atoms with Gasteiger partial charge in [-0.3, -0.25) is 0 Å². The molecule has 2 nitrogen and oxygen atoms in total. The maximum Gasteiger partial charge on any atom is 0.102 e. The van der Waals surface area contributed by atoms with E-state index in [1.807, 2.05) is 0 Å². The molecule has 0 amide bonds. The molecule has 0 saturated carbocycles. The molecular formula is C23H22N2. The highest BCUT2D eigenvalue weighted by Gasteiger charge is 2.26. The third-order valence-corrected chi connectivity index (χ3v) is 5.82. The normalized spacial score (nSPS) is 18.1. The van der Waals surface area contributed by atoms with Gasteiger partial charge in [0, 0.05) is 25.1 Å². The quantitative estimate of drug-likeness (QED) is 0.469. The zero-order valence-electron chi connectivity index (χ0n) is 15.0. The fourth-order valence-corrected chi connectivity index (χ4v) is 4.30. The van der Waals surface area contributed by atoms with Gasteiger partial charge in [-0.15, -0.1) is 0 Å². The van der Waals surface area contributed by atoms with E-state index in [1.165, 1.54) is 44.3 Å². The van der Waals surface area contributed by atoms with Gasteiger partial charge in [0.25, 0.3) is 0 Å². The lowest BCUT2D eigenvalue weighted by atomic mass is 9.96. The number of aryl methyl sites for hydroxylation is 1. The van der Waals surface area contributed by atoms with Crippen LogP contribution >= 0.6 is 0 Å². The zero-order chi connectivity index (χ0) is 17.1. The van der Waals surface area contributed by atoms with Gasteiger partial charge in [-0.1, -0.05) is 42.5 Å². The Balaban J connectivity index is 1.73. The first-order valence-electron chi connectivity index (χ1n) is 8.96. The van der Waals surface area contributed by atoms with E-state index < -0.39 is 0 Å². The number of hydrogen-bond acceptors (Lipinski definition) is 2. The summed E-state index contributed by atoms with van der Waals surface area (Å²) < 4.78 is 0. The second-order valence-electron chi connectivity index (χ2n) is 7.30. The van der Waals surface area contributed by atoms with E-state index in [0.29, 0.717) is 6.17 Å². The molecule has 3 aromatic rings. The third-order valence-electron chi connectivity index (χ3n) is 5.82. The molecule has 1 aliphatic carbocycles. The van der Waals surface area contributed by atoms with E-state index in [9.17, 15) is 0 Å². The summed E-state index contributed by atoms with van der Waals surface area (Å²) in [5.41, 5.74) is 8.40. The van der Waals surface area contributed by atoms with E-state index in [-0.39, 0.29) is 0 Å². The Morgan fingerprint density at radius 3 is 2.60 bits per heavy atom. The summed E-state index contributed by atoms with van der Waals surface area (Å²) in [6.07, 6.45) is 5.74. The van der Waals surface area contributed by atoms with Crippen molar-refractivity contribution in [3.05, 3.63) is 77.6 Å². The number of hydrogen-bond donors (Lipinski definition) is 0. The molecule has 25 heavy (non-hydrogen) atoms. The van der Waals surface area contributed by atoms with Gasteiger partial charge >= 0.3 is 0 Å². The highest BCUT2D eigenvalue weighted by Crippen LogP contribution is 2.44. The van der Waals surface area contributed by atoms with Crippen LogP contribution in [0, 0.1) is 6.92 Å². The Morgan fingerprint density at radius 2 is 1.80 bits per heavy atom. The summed E-state index contributed by atoms with van der Waals surface area (Å²) >= 11 is 0. The van der Waals surface area contributed by atoms with Gasteiger partial charge in [0.1, 0.15) is 6.17 Å². The van der Waals surface area contributed by atoms with Crippen LogP contribution in [-0.2, 0) is 6.42 Å². The van der Waals surface area contributed by atoms with E-state index in [1.54, 1.807) is 0 Å². The van der Waals surface area contributed by atoms with Crippen LogP contribution < -0.4 is 4.90 Å². The van der Waals surface area contributed by atoms with E-state index in [2.05, 4.69) is 91.6 Å². The number of nitrogens with zero attached hydrogens (tertiary/aromatic N) is 2. The van der Waals surface area contributed by atoms with Gasteiger partial charge in [0.15, 0.2) is 0 Å². The first kappa shape index (κ1) is 14.6. The van der Waals surface area contributed by atoms with Crippen LogP contribution in [0.1, 0.15) is 23.6 Å². The van der Waals surface area contributed by atoms with Crippen molar-refractivity contribution >= 4 is 16.5 Å². The Kier molecular flexibility index (Phi) is 2.99. The first-order chi connectivity index (χ1) is 12.1. The molecule has 0 aromatic heterocycles. The third kappa shape index (κ3) is 2.03. The summed E-state index contributed by atoms with van der Waals surface area (Å²) in [6, 6.07) is 18.1. The van der Waals surface area contributed by atoms with Crippen LogP contribution in [0.25, 0.3) is 21.9 Å². The maximum atomic E-state index is 2.41. The van der Waals surface area contributed by atoms with Gasteiger partial charge in [-0.25, -0.2) is 0 Å². The van der Waals surface area contributed by atoms with Crippen LogP contribution in [0.4, 0.5) is 5.69 Å². The van der Waals surface area contributed by atoms with E-state index in [0.717, 1.165) is 6.42 Å². The van der Waals surface area contributed by atoms with Gasteiger partial charge in [-0.2, -0.15) is 0 Å². The van der Waals surface area contributed by atoms with Gasteiger partial charge in [0.2, 0.25) is 0 Å². The molecular weight excluding hydrogens is 304 g/mol. The fraction of sp³-hybridized carbons (Fsp3) is 0.217. The molecule has 0 saturated heterocycles. The summed E-state index contributed by atoms with van der Waals surface area (Å²) in [5.74, 6) is 0. The summed E-state index contributed by atoms with van der Waals surface area (Å²) in [4.78, 5) is 4.62. The van der Waals surface area contributed by atoms with Crippen LogP contribution in [0.5, 0.6) is 0 Å². The molecule has 0 radical (unpaired) electrons. The zero-order valence-corrected chi connectivity index (χ0v) is 15.0. The van der Waals surface area contributed by atoms with Crippen LogP contribution in [0.3, 0.4) is 0 Å². The number of benzene rings is 3. The summed E-state index contributed by atoms with van der Waals surface area (Å²) in [7, 11) is 2.13. The number of fused-ring (bicyclic) bond motifs is 5. The Labute approximate surface area is 149 Å². The van der Waals surface area contributed by atoms with Crippen molar-refractivity contribution in [2.75, 3.05) is 11.9 Å². The standard InChI is InChI=1S/C23H22N2/c1-15-12-19-13-18-9-8-17-6-4-5-7-20(17)23(18)21(19)14-22(15)25-11-10-24(3)16(25)2/h4-12,14,16H,13H2,1-3H3/t16-/m0/s1. The van der Waals surface area contributed by atoms with Crippen LogP contribution in [-0.4, -0.2) is 18.1 Å². The molecule has 1 atom stereocenters. The second kappa shape index (κ2) is 5.13. The molecule has 124 valence electrons. The highest BCUT2D eigenvalue weighted by atomic mass is 15.4. The molecule has 0 N–H and O–H groups in total. The predicted octanol–water partition coefficient (Wildman–Crippen LogP) is 5.29. The van der Waals surface area contributed by atoms with Gasteiger partial charge < -0.3 is 9.80 Å². The maximum absolute atomic E-state index is 2.41. The lowest BCUT2D eigenvalue weighted by molar-refractivity contribution is 0.383. The lowest BCUT2D eigenvalue weighted by Gasteiger charge is -2.29. The Bertz CT molecular complexity index is 1030. The molecule has 1 heterocycles. The topological polar surface area (TPSA) is 6.48 Å². The minimum Gasteiger partial charge on any atom is -0.359 e. The van der Waals surface area contributed by atoms with Crippen LogP contribution in [0.2, 0.25) is 0 Å². The smallest absolute Gasteiger partial charge is 0.102 e. The second-order valence-corrected chi connectivity index (χ2v) is 7.30. The van der Waals surface area contributed by atoms with Crippen molar-refractivity contribution in [1.82, 2.24) is 4.90 Å². The molecule has 3 aromatic carbocycles.